The predicted octanol–water partition coefficient (Wildman–Crippen LogP) is 3.80. The fraction of sp³-hybridized carbons (Fsp3) is 0.111. The van der Waals surface area contributed by atoms with Crippen molar-refractivity contribution in [2.75, 3.05) is 12.4 Å². The molecule has 0 radical (unpaired) electrons. The first kappa shape index (κ1) is 14.1. The summed E-state index contributed by atoms with van der Waals surface area (Å²) in [5.74, 6) is 0.348. The Morgan fingerprint density at radius 3 is 2.73 bits per heavy atom. The van der Waals surface area contributed by atoms with Gasteiger partial charge in [0.1, 0.15) is 5.75 Å². The lowest BCUT2D eigenvalue weighted by atomic mass is 10.1. The Bertz CT molecular complexity index is 843. The summed E-state index contributed by atoms with van der Waals surface area (Å²) in [4.78, 5) is 16.9. The van der Waals surface area contributed by atoms with Gasteiger partial charge in [-0.2, -0.15) is 0 Å². The molecule has 0 aliphatic rings. The van der Waals surface area contributed by atoms with Gasteiger partial charge in [0.2, 0.25) is 0 Å². The monoisotopic (exact) mass is 292 g/mol. The number of methoxy groups -OCH3 is 1. The summed E-state index contributed by atoms with van der Waals surface area (Å²) in [6.45, 7) is 2.00. The molecule has 0 atom stereocenters. The predicted molar refractivity (Wildman–Crippen MR) is 87.4 cm³/mol. The van der Waals surface area contributed by atoms with Gasteiger partial charge in [-0.05, 0) is 30.7 Å². The number of anilines is 1. The first-order chi connectivity index (χ1) is 10.7. The summed E-state index contributed by atoms with van der Waals surface area (Å²) in [6.07, 6.45) is 1.70. The summed E-state index contributed by atoms with van der Waals surface area (Å²) in [7, 11) is 1.55. The van der Waals surface area contributed by atoms with Gasteiger partial charge in [0, 0.05) is 11.6 Å². The van der Waals surface area contributed by atoms with Crippen molar-refractivity contribution in [1.82, 2.24) is 4.98 Å². The Morgan fingerprint density at radius 1 is 1.09 bits per heavy atom. The van der Waals surface area contributed by atoms with E-state index in [9.17, 15) is 4.79 Å². The van der Waals surface area contributed by atoms with Gasteiger partial charge in [-0.1, -0.05) is 30.3 Å². The zero-order valence-corrected chi connectivity index (χ0v) is 12.5. The first-order valence-electron chi connectivity index (χ1n) is 6.99. The number of para-hydroxylation sites is 2. The zero-order valence-electron chi connectivity index (χ0n) is 12.5. The van der Waals surface area contributed by atoms with Crippen molar-refractivity contribution in [3.8, 4) is 5.75 Å². The van der Waals surface area contributed by atoms with E-state index in [0.29, 0.717) is 11.3 Å². The van der Waals surface area contributed by atoms with Gasteiger partial charge in [-0.15, -0.1) is 0 Å². The van der Waals surface area contributed by atoms with E-state index in [2.05, 4.69) is 10.3 Å². The Morgan fingerprint density at radius 2 is 1.91 bits per heavy atom. The van der Waals surface area contributed by atoms with Gasteiger partial charge in [-0.3, -0.25) is 9.78 Å². The second-order valence-corrected chi connectivity index (χ2v) is 4.98. The number of hydrogen-bond donors (Lipinski definition) is 1. The Labute approximate surface area is 128 Å². The number of aromatic nitrogens is 1. The standard InChI is InChI=1S/C18H16N2O2/c1-12-6-5-8-13-15(10-11-19-17(12)13)20-18(21)14-7-3-4-9-16(14)22-2/h3-11H,1-2H3,(H,19,20,21). The lowest BCUT2D eigenvalue weighted by molar-refractivity contribution is 0.102. The molecule has 1 N–H and O–H groups in total. The van der Waals surface area contributed by atoms with Gasteiger partial charge < -0.3 is 10.1 Å². The van der Waals surface area contributed by atoms with Crippen LogP contribution in [0.1, 0.15) is 15.9 Å². The number of benzene rings is 2. The fourth-order valence-electron chi connectivity index (χ4n) is 2.45. The average molecular weight is 292 g/mol. The van der Waals surface area contributed by atoms with Crippen LogP contribution in [0.25, 0.3) is 10.9 Å². The number of rotatable bonds is 3. The topological polar surface area (TPSA) is 51.2 Å². The van der Waals surface area contributed by atoms with E-state index >= 15 is 0 Å². The second kappa shape index (κ2) is 5.85. The van der Waals surface area contributed by atoms with Gasteiger partial charge in [0.25, 0.3) is 5.91 Å². The van der Waals surface area contributed by atoms with Crippen LogP contribution in [-0.2, 0) is 0 Å². The molecule has 0 spiro atoms. The number of carbonyl (C=O) groups excluding carboxylic acids is 1. The summed E-state index contributed by atoms with van der Waals surface area (Å²) >= 11 is 0. The highest BCUT2D eigenvalue weighted by atomic mass is 16.5. The van der Waals surface area contributed by atoms with E-state index in [1.807, 2.05) is 37.3 Å². The van der Waals surface area contributed by atoms with Gasteiger partial charge in [0.15, 0.2) is 0 Å². The third-order valence-electron chi connectivity index (χ3n) is 3.57. The number of nitrogens with one attached hydrogen (secondary N) is 1. The van der Waals surface area contributed by atoms with Gasteiger partial charge in [-0.25, -0.2) is 0 Å². The van der Waals surface area contributed by atoms with E-state index < -0.39 is 0 Å². The molecule has 0 fully saturated rings. The molecule has 3 rings (SSSR count). The van der Waals surface area contributed by atoms with Crippen molar-refractivity contribution in [2.45, 2.75) is 6.92 Å². The maximum absolute atomic E-state index is 12.5. The molecule has 1 amide bonds. The quantitative estimate of drug-likeness (QED) is 0.798. The van der Waals surface area contributed by atoms with Crippen molar-refractivity contribution < 1.29 is 9.53 Å². The minimum atomic E-state index is -0.202. The smallest absolute Gasteiger partial charge is 0.259 e. The van der Waals surface area contributed by atoms with Gasteiger partial charge in [0.05, 0.1) is 23.9 Å². The molecule has 0 aliphatic heterocycles. The molecule has 3 aromatic rings. The minimum Gasteiger partial charge on any atom is -0.496 e. The number of ether oxygens (including phenoxy) is 1. The number of amides is 1. The van der Waals surface area contributed by atoms with Crippen molar-refractivity contribution in [3.63, 3.8) is 0 Å². The van der Waals surface area contributed by atoms with Crippen molar-refractivity contribution >= 4 is 22.5 Å². The first-order valence-corrected chi connectivity index (χ1v) is 6.99. The molecule has 1 aromatic heterocycles. The van der Waals surface area contributed by atoms with Crippen molar-refractivity contribution in [1.29, 1.82) is 0 Å². The van der Waals surface area contributed by atoms with Crippen LogP contribution in [0.5, 0.6) is 5.75 Å². The Hall–Kier alpha value is -2.88. The molecular formula is C18H16N2O2. The average Bonchev–Trinajstić information content (AvgIpc) is 2.55. The lowest BCUT2D eigenvalue weighted by Gasteiger charge is -2.11. The number of nitrogens with zero attached hydrogens (tertiary/aromatic N) is 1. The summed E-state index contributed by atoms with van der Waals surface area (Å²) < 4.78 is 5.24. The zero-order chi connectivity index (χ0) is 15.5. The Kier molecular flexibility index (Phi) is 3.74. The van der Waals surface area contributed by atoms with Crippen LogP contribution in [0.15, 0.2) is 54.7 Å². The van der Waals surface area contributed by atoms with Gasteiger partial charge >= 0.3 is 0 Å². The van der Waals surface area contributed by atoms with Crippen molar-refractivity contribution in [3.05, 3.63) is 65.9 Å². The highest BCUT2D eigenvalue weighted by Gasteiger charge is 2.13. The van der Waals surface area contributed by atoms with Crippen LogP contribution in [-0.4, -0.2) is 18.0 Å². The van der Waals surface area contributed by atoms with Crippen LogP contribution >= 0.6 is 0 Å². The van der Waals surface area contributed by atoms with Crippen molar-refractivity contribution in [2.24, 2.45) is 0 Å². The van der Waals surface area contributed by atoms with Crippen LogP contribution in [0.3, 0.4) is 0 Å². The van der Waals surface area contributed by atoms with E-state index in [-0.39, 0.29) is 5.91 Å². The molecule has 0 saturated carbocycles. The molecule has 0 bridgehead atoms. The molecule has 4 heteroatoms. The molecule has 2 aromatic carbocycles. The number of carbonyl (C=O) groups is 1. The Balaban J connectivity index is 2.00. The van der Waals surface area contributed by atoms with Crippen LogP contribution < -0.4 is 10.1 Å². The highest BCUT2D eigenvalue weighted by molar-refractivity contribution is 6.10. The van der Waals surface area contributed by atoms with E-state index in [0.717, 1.165) is 22.2 Å². The summed E-state index contributed by atoms with van der Waals surface area (Å²) in [5, 5.41) is 3.87. The van der Waals surface area contributed by atoms with Crippen LogP contribution in [0.4, 0.5) is 5.69 Å². The molecule has 110 valence electrons. The van der Waals surface area contributed by atoms with E-state index in [4.69, 9.17) is 4.74 Å². The fourth-order valence-corrected chi connectivity index (χ4v) is 2.45. The number of fused-ring (bicyclic) bond motifs is 1. The third kappa shape index (κ3) is 2.51. The maximum Gasteiger partial charge on any atom is 0.259 e. The molecule has 0 saturated heterocycles. The van der Waals surface area contributed by atoms with E-state index in [1.165, 1.54) is 0 Å². The third-order valence-corrected chi connectivity index (χ3v) is 3.57. The highest BCUT2D eigenvalue weighted by Crippen LogP contribution is 2.25. The molecular weight excluding hydrogens is 276 g/mol. The number of pyridine rings is 1. The van der Waals surface area contributed by atoms with Crippen LogP contribution in [0.2, 0.25) is 0 Å². The summed E-state index contributed by atoms with van der Waals surface area (Å²) in [5.41, 5.74) is 3.21. The molecule has 0 unspecified atom stereocenters. The number of hydrogen-bond acceptors (Lipinski definition) is 3. The molecule has 22 heavy (non-hydrogen) atoms. The molecule has 0 aliphatic carbocycles. The van der Waals surface area contributed by atoms with E-state index in [1.54, 1.807) is 31.5 Å². The molecule has 1 heterocycles. The second-order valence-electron chi connectivity index (χ2n) is 4.98. The molecule has 4 nitrogen and oxygen atoms in total. The number of aryl methyl sites for hydroxylation is 1. The minimum absolute atomic E-state index is 0.202. The van der Waals surface area contributed by atoms with Crippen LogP contribution in [0, 0.1) is 6.92 Å². The maximum atomic E-state index is 12.5. The lowest BCUT2D eigenvalue weighted by Crippen LogP contribution is -2.13. The SMILES string of the molecule is COc1ccccc1C(=O)Nc1ccnc2c(C)cccc12. The normalized spacial score (nSPS) is 10.5. The summed E-state index contributed by atoms with van der Waals surface area (Å²) in [6, 6.07) is 14.9. The largest absolute Gasteiger partial charge is 0.496 e.